The number of ether oxygens (including phenoxy) is 3. The van der Waals surface area contributed by atoms with E-state index in [1.54, 1.807) is 0 Å². The zero-order valence-corrected chi connectivity index (χ0v) is 10.7. The maximum Gasteiger partial charge on any atom is 0.329 e. The number of rotatable bonds is 4. The Hall–Kier alpha value is -2.28. The Balaban J connectivity index is 1.82. The van der Waals surface area contributed by atoms with Crippen molar-refractivity contribution >= 4 is 17.0 Å². The van der Waals surface area contributed by atoms with E-state index < -0.39 is 5.97 Å². The van der Waals surface area contributed by atoms with Crippen LogP contribution in [0.4, 0.5) is 0 Å². The minimum Gasteiger partial charge on any atom is -0.489 e. The molecule has 1 aliphatic heterocycles. The number of benzene rings is 1. The number of imidazole rings is 1. The summed E-state index contributed by atoms with van der Waals surface area (Å²) in [5, 5.41) is 8.51. The van der Waals surface area contributed by atoms with Crippen molar-refractivity contribution < 1.29 is 24.1 Å². The van der Waals surface area contributed by atoms with E-state index in [0.29, 0.717) is 30.5 Å². The first-order valence-electron chi connectivity index (χ1n) is 6.30. The van der Waals surface area contributed by atoms with Crippen molar-refractivity contribution in [2.75, 3.05) is 19.8 Å². The molecule has 2 N–H and O–H groups in total. The molecule has 0 fully saturated rings. The van der Waals surface area contributed by atoms with Gasteiger partial charge < -0.3 is 24.3 Å². The Bertz CT molecular complexity index is 594. The van der Waals surface area contributed by atoms with Crippen LogP contribution in [0.2, 0.25) is 0 Å². The van der Waals surface area contributed by atoms with Gasteiger partial charge in [0.15, 0.2) is 11.5 Å². The number of carboxylic acid groups (broad SMARTS) is 1. The first-order chi connectivity index (χ1) is 9.72. The predicted molar refractivity (Wildman–Crippen MR) is 69.0 cm³/mol. The summed E-state index contributed by atoms with van der Waals surface area (Å²) in [7, 11) is 0. The molecule has 0 saturated heterocycles. The number of hydrogen-bond donors (Lipinski definition) is 2. The fourth-order valence-corrected chi connectivity index (χ4v) is 2.02. The van der Waals surface area contributed by atoms with Gasteiger partial charge in [-0.2, -0.15) is 0 Å². The Labute approximate surface area is 114 Å². The van der Waals surface area contributed by atoms with Crippen LogP contribution in [0.3, 0.4) is 0 Å². The maximum absolute atomic E-state index is 10.4. The van der Waals surface area contributed by atoms with Gasteiger partial charge in [-0.25, -0.2) is 9.78 Å². The minimum atomic E-state index is -1.00. The summed E-state index contributed by atoms with van der Waals surface area (Å²) in [6, 6.07) is 3.65. The highest BCUT2D eigenvalue weighted by Crippen LogP contribution is 2.33. The van der Waals surface area contributed by atoms with Gasteiger partial charge in [0.25, 0.3) is 0 Å². The molecule has 0 radical (unpaired) electrons. The normalized spacial score (nSPS) is 14.2. The molecular weight excluding hydrogens is 264 g/mol. The van der Waals surface area contributed by atoms with Crippen LogP contribution in [0.15, 0.2) is 12.1 Å². The number of H-pyrrole nitrogens is 1. The maximum atomic E-state index is 10.4. The van der Waals surface area contributed by atoms with Crippen LogP contribution >= 0.6 is 0 Å². The third-order valence-corrected chi connectivity index (χ3v) is 2.86. The third kappa shape index (κ3) is 2.67. The van der Waals surface area contributed by atoms with Crippen LogP contribution in [0.1, 0.15) is 12.2 Å². The molecule has 0 amide bonds. The van der Waals surface area contributed by atoms with E-state index in [1.807, 2.05) is 12.1 Å². The SMILES string of the molecule is O=C(O)COCc1nc2cc3c(cc2[nH]1)OCCCO3. The van der Waals surface area contributed by atoms with Gasteiger partial charge >= 0.3 is 5.97 Å². The van der Waals surface area contributed by atoms with E-state index in [4.69, 9.17) is 19.3 Å². The number of aromatic amines is 1. The topological polar surface area (TPSA) is 93.7 Å². The second kappa shape index (κ2) is 5.38. The standard InChI is InChI=1S/C13H14N2O5/c16-13(17)7-18-6-12-14-8-4-10-11(5-9(8)15-12)20-3-1-2-19-10/h4-5H,1-3,6-7H2,(H,14,15)(H,16,17). The first kappa shape index (κ1) is 12.7. The number of nitrogens with one attached hydrogen (secondary N) is 1. The van der Waals surface area contributed by atoms with E-state index in [9.17, 15) is 4.79 Å². The highest BCUT2D eigenvalue weighted by atomic mass is 16.5. The van der Waals surface area contributed by atoms with Gasteiger partial charge in [0.1, 0.15) is 19.0 Å². The van der Waals surface area contributed by atoms with E-state index >= 15 is 0 Å². The lowest BCUT2D eigenvalue weighted by Crippen LogP contribution is -2.07. The smallest absolute Gasteiger partial charge is 0.329 e. The molecule has 0 atom stereocenters. The first-order valence-corrected chi connectivity index (χ1v) is 6.30. The summed E-state index contributed by atoms with van der Waals surface area (Å²) in [4.78, 5) is 17.8. The van der Waals surface area contributed by atoms with E-state index in [2.05, 4.69) is 9.97 Å². The van der Waals surface area contributed by atoms with Gasteiger partial charge in [-0.15, -0.1) is 0 Å². The van der Waals surface area contributed by atoms with Gasteiger partial charge in [0, 0.05) is 18.6 Å². The van der Waals surface area contributed by atoms with Gasteiger partial charge in [-0.1, -0.05) is 0 Å². The quantitative estimate of drug-likeness (QED) is 0.876. The number of nitrogens with zero attached hydrogens (tertiary/aromatic N) is 1. The van der Waals surface area contributed by atoms with Crippen molar-refractivity contribution in [1.82, 2.24) is 9.97 Å². The number of carboxylic acids is 1. The molecule has 7 nitrogen and oxygen atoms in total. The summed E-state index contributed by atoms with van der Waals surface area (Å²) in [6.07, 6.45) is 0.852. The molecule has 7 heteroatoms. The molecule has 1 aliphatic rings. The molecule has 3 rings (SSSR count). The van der Waals surface area contributed by atoms with Crippen LogP contribution in [-0.4, -0.2) is 40.9 Å². The summed E-state index contributed by atoms with van der Waals surface area (Å²) < 4.78 is 16.2. The fraction of sp³-hybridized carbons (Fsp3) is 0.385. The largest absolute Gasteiger partial charge is 0.489 e. The Morgan fingerprint density at radius 2 is 2.10 bits per heavy atom. The summed E-state index contributed by atoms with van der Waals surface area (Å²) in [5.41, 5.74) is 1.55. The van der Waals surface area contributed by atoms with Crippen molar-refractivity contribution in [2.24, 2.45) is 0 Å². The summed E-state index contributed by atoms with van der Waals surface area (Å²) in [5.74, 6) is 0.937. The van der Waals surface area contributed by atoms with Gasteiger partial charge in [-0.3, -0.25) is 0 Å². The Kier molecular flexibility index (Phi) is 3.42. The average molecular weight is 278 g/mol. The van der Waals surface area contributed by atoms with Crippen molar-refractivity contribution in [3.8, 4) is 11.5 Å². The van der Waals surface area contributed by atoms with Crippen LogP contribution in [0, 0.1) is 0 Å². The van der Waals surface area contributed by atoms with E-state index in [-0.39, 0.29) is 13.2 Å². The molecule has 0 aliphatic carbocycles. The second-order valence-electron chi connectivity index (χ2n) is 4.44. The predicted octanol–water partition coefficient (Wildman–Crippen LogP) is 1.33. The van der Waals surface area contributed by atoms with Crippen molar-refractivity contribution in [1.29, 1.82) is 0 Å². The van der Waals surface area contributed by atoms with Crippen molar-refractivity contribution in [2.45, 2.75) is 13.0 Å². The summed E-state index contributed by atoms with van der Waals surface area (Å²) in [6.45, 7) is 1.02. The zero-order valence-electron chi connectivity index (χ0n) is 10.7. The lowest BCUT2D eigenvalue weighted by atomic mass is 10.3. The number of aromatic nitrogens is 2. The van der Waals surface area contributed by atoms with Crippen molar-refractivity contribution in [3.63, 3.8) is 0 Å². The molecule has 1 aromatic carbocycles. The van der Waals surface area contributed by atoms with Crippen LogP contribution in [0.5, 0.6) is 11.5 Å². The molecular formula is C13H14N2O5. The molecule has 2 heterocycles. The number of aliphatic carboxylic acids is 1. The second-order valence-corrected chi connectivity index (χ2v) is 4.44. The lowest BCUT2D eigenvalue weighted by molar-refractivity contribution is -0.142. The number of carbonyl (C=O) groups is 1. The van der Waals surface area contributed by atoms with Gasteiger partial charge in [0.2, 0.25) is 0 Å². The van der Waals surface area contributed by atoms with Gasteiger partial charge in [0.05, 0.1) is 24.2 Å². The summed E-state index contributed by atoms with van der Waals surface area (Å²) >= 11 is 0. The Morgan fingerprint density at radius 3 is 2.85 bits per heavy atom. The molecule has 0 unspecified atom stereocenters. The van der Waals surface area contributed by atoms with Crippen LogP contribution in [-0.2, 0) is 16.1 Å². The number of hydrogen-bond acceptors (Lipinski definition) is 5. The molecule has 0 saturated carbocycles. The molecule has 20 heavy (non-hydrogen) atoms. The van der Waals surface area contributed by atoms with Crippen LogP contribution in [0.25, 0.3) is 11.0 Å². The molecule has 106 valence electrons. The monoisotopic (exact) mass is 278 g/mol. The van der Waals surface area contributed by atoms with E-state index in [1.165, 1.54) is 0 Å². The average Bonchev–Trinajstić information content (AvgIpc) is 2.64. The van der Waals surface area contributed by atoms with Crippen molar-refractivity contribution in [3.05, 3.63) is 18.0 Å². The third-order valence-electron chi connectivity index (χ3n) is 2.86. The molecule has 1 aromatic heterocycles. The zero-order chi connectivity index (χ0) is 13.9. The fourth-order valence-electron chi connectivity index (χ4n) is 2.02. The number of fused-ring (bicyclic) bond motifs is 2. The van der Waals surface area contributed by atoms with Gasteiger partial charge in [-0.05, 0) is 0 Å². The lowest BCUT2D eigenvalue weighted by Gasteiger charge is -2.05. The van der Waals surface area contributed by atoms with Crippen LogP contribution < -0.4 is 9.47 Å². The Morgan fingerprint density at radius 1 is 1.35 bits per heavy atom. The molecule has 0 spiro atoms. The molecule has 0 bridgehead atoms. The highest BCUT2D eigenvalue weighted by Gasteiger charge is 2.14. The molecule has 2 aromatic rings. The minimum absolute atomic E-state index is 0.118. The highest BCUT2D eigenvalue weighted by molar-refractivity contribution is 5.79. The van der Waals surface area contributed by atoms with E-state index in [0.717, 1.165) is 17.5 Å².